The molecule has 1 aromatic rings. The Kier molecular flexibility index (Phi) is 3.36. The van der Waals surface area contributed by atoms with Gasteiger partial charge in [-0.25, -0.2) is 4.98 Å². The molecule has 0 saturated heterocycles. The van der Waals surface area contributed by atoms with Crippen LogP contribution < -0.4 is 5.32 Å². The van der Waals surface area contributed by atoms with E-state index in [1.165, 1.54) is 0 Å². The van der Waals surface area contributed by atoms with Gasteiger partial charge in [0.1, 0.15) is 5.82 Å². The van der Waals surface area contributed by atoms with Gasteiger partial charge in [-0.1, -0.05) is 25.9 Å². The second kappa shape index (κ2) is 4.78. The summed E-state index contributed by atoms with van der Waals surface area (Å²) in [5.74, 6) is 0.510. The summed E-state index contributed by atoms with van der Waals surface area (Å²) in [4.78, 5) is 17.2. The number of carbonyl (C=O) groups excluding carboxylic acids is 1. The van der Waals surface area contributed by atoms with Crippen molar-refractivity contribution in [3.8, 4) is 0 Å². The molecular weight excluding hydrogens is 346 g/mol. The maximum atomic E-state index is 13.0. The zero-order valence-corrected chi connectivity index (χ0v) is 14.6. The minimum absolute atomic E-state index is 0.0327. The van der Waals surface area contributed by atoms with E-state index in [2.05, 4.69) is 52.2 Å². The lowest BCUT2D eigenvalue weighted by Crippen LogP contribution is -2.43. The van der Waals surface area contributed by atoms with Crippen LogP contribution in [0.5, 0.6) is 0 Å². The molecule has 2 saturated carbocycles. The Hall–Kier alpha value is -1.43. The molecule has 1 aromatic heterocycles. The van der Waals surface area contributed by atoms with E-state index in [1.54, 1.807) is 12.3 Å². The van der Waals surface area contributed by atoms with Crippen LogP contribution in [0.4, 0.5) is 5.82 Å². The van der Waals surface area contributed by atoms with E-state index in [9.17, 15) is 10.0 Å². The Labute approximate surface area is 138 Å². The number of anilines is 1. The SMILES string of the molecule is CC1(C)[C@@]2(C(=O)Nc3ccc(Br)cn3)CC[C@@]1(C)/C(=N\O)C2. The molecule has 22 heavy (non-hydrogen) atoms. The van der Waals surface area contributed by atoms with Crippen LogP contribution in [0.15, 0.2) is 28.0 Å². The van der Waals surface area contributed by atoms with Crippen molar-refractivity contribution >= 4 is 33.4 Å². The zero-order chi connectivity index (χ0) is 16.2. The average Bonchev–Trinajstić information content (AvgIpc) is 2.79. The lowest BCUT2D eigenvalue weighted by atomic mass is 9.64. The molecule has 2 fully saturated rings. The van der Waals surface area contributed by atoms with Crippen molar-refractivity contribution in [2.24, 2.45) is 21.4 Å². The van der Waals surface area contributed by atoms with E-state index in [0.29, 0.717) is 12.2 Å². The van der Waals surface area contributed by atoms with Gasteiger partial charge >= 0.3 is 0 Å². The highest BCUT2D eigenvalue weighted by Crippen LogP contribution is 2.71. The summed E-state index contributed by atoms with van der Waals surface area (Å²) in [6.07, 6.45) is 3.83. The highest BCUT2D eigenvalue weighted by Gasteiger charge is 2.71. The molecule has 0 aromatic carbocycles. The average molecular weight is 366 g/mol. The van der Waals surface area contributed by atoms with Crippen LogP contribution >= 0.6 is 15.9 Å². The minimum Gasteiger partial charge on any atom is -0.411 e. The quantitative estimate of drug-likeness (QED) is 0.617. The van der Waals surface area contributed by atoms with Gasteiger partial charge in [0.2, 0.25) is 5.91 Å². The molecule has 1 amide bonds. The Bertz CT molecular complexity index is 656. The molecule has 0 spiro atoms. The van der Waals surface area contributed by atoms with E-state index in [0.717, 1.165) is 23.0 Å². The molecule has 2 aliphatic carbocycles. The molecule has 3 rings (SSSR count). The molecule has 2 atom stereocenters. The summed E-state index contributed by atoms with van der Waals surface area (Å²) in [7, 11) is 0. The first-order valence-corrected chi connectivity index (χ1v) is 8.21. The molecule has 2 aliphatic rings. The van der Waals surface area contributed by atoms with Crippen molar-refractivity contribution in [1.82, 2.24) is 4.98 Å². The van der Waals surface area contributed by atoms with E-state index < -0.39 is 5.41 Å². The molecular formula is C16H20BrN3O2. The Morgan fingerprint density at radius 1 is 1.36 bits per heavy atom. The van der Waals surface area contributed by atoms with Gasteiger partial charge < -0.3 is 10.5 Å². The summed E-state index contributed by atoms with van der Waals surface area (Å²) < 4.78 is 0.869. The third-order valence-electron chi connectivity index (χ3n) is 6.26. The number of carbonyl (C=O) groups is 1. The highest BCUT2D eigenvalue weighted by molar-refractivity contribution is 9.10. The number of rotatable bonds is 2. The number of aromatic nitrogens is 1. The van der Waals surface area contributed by atoms with Gasteiger partial charge in [-0.3, -0.25) is 4.79 Å². The van der Waals surface area contributed by atoms with Crippen molar-refractivity contribution in [1.29, 1.82) is 0 Å². The van der Waals surface area contributed by atoms with Gasteiger partial charge in [0.25, 0.3) is 0 Å². The third kappa shape index (κ3) is 1.79. The van der Waals surface area contributed by atoms with E-state index in [1.807, 2.05) is 6.07 Å². The number of amides is 1. The smallest absolute Gasteiger partial charge is 0.232 e. The lowest BCUT2D eigenvalue weighted by molar-refractivity contribution is -0.130. The van der Waals surface area contributed by atoms with E-state index in [4.69, 9.17) is 0 Å². The standard InChI is InChI=1S/C16H20BrN3O2/c1-14(2)15(3)6-7-16(14,8-11(15)20-22)13(21)19-12-5-4-10(17)9-18-12/h4-5,9,22H,6-8H2,1-3H3,(H,18,19,21)/b20-11-/t15-,16-/m0/s1. The Balaban J connectivity index is 1.93. The van der Waals surface area contributed by atoms with Crippen molar-refractivity contribution in [3.05, 3.63) is 22.8 Å². The van der Waals surface area contributed by atoms with Crippen LogP contribution in [0.1, 0.15) is 40.0 Å². The van der Waals surface area contributed by atoms with Crippen LogP contribution in [0.3, 0.4) is 0 Å². The van der Waals surface area contributed by atoms with Crippen molar-refractivity contribution in [3.63, 3.8) is 0 Å². The summed E-state index contributed by atoms with van der Waals surface area (Å²) in [6.45, 7) is 6.31. The van der Waals surface area contributed by atoms with Crippen LogP contribution in [0.25, 0.3) is 0 Å². The van der Waals surface area contributed by atoms with Gasteiger partial charge in [0, 0.05) is 22.5 Å². The Morgan fingerprint density at radius 2 is 2.09 bits per heavy atom. The lowest BCUT2D eigenvalue weighted by Gasteiger charge is -2.39. The fraction of sp³-hybridized carbons (Fsp3) is 0.562. The molecule has 0 unspecified atom stereocenters. The highest BCUT2D eigenvalue weighted by atomic mass is 79.9. The molecule has 5 nitrogen and oxygen atoms in total. The normalized spacial score (nSPS) is 34.1. The number of hydrogen-bond acceptors (Lipinski definition) is 4. The second-order valence-electron chi connectivity index (χ2n) is 7.08. The fourth-order valence-corrected chi connectivity index (χ4v) is 4.46. The van der Waals surface area contributed by atoms with Crippen molar-refractivity contribution < 1.29 is 10.0 Å². The fourth-order valence-electron chi connectivity index (χ4n) is 4.22. The molecule has 6 heteroatoms. The number of fused-ring (bicyclic) bond motifs is 2. The Morgan fingerprint density at radius 3 is 2.64 bits per heavy atom. The molecule has 118 valence electrons. The number of nitrogens with one attached hydrogen (secondary N) is 1. The largest absolute Gasteiger partial charge is 0.411 e. The van der Waals surface area contributed by atoms with Crippen LogP contribution in [0.2, 0.25) is 0 Å². The molecule has 0 radical (unpaired) electrons. The first-order valence-electron chi connectivity index (χ1n) is 7.41. The summed E-state index contributed by atoms with van der Waals surface area (Å²) >= 11 is 3.33. The van der Waals surface area contributed by atoms with Gasteiger partial charge in [0.15, 0.2) is 0 Å². The minimum atomic E-state index is -0.544. The maximum Gasteiger partial charge on any atom is 0.232 e. The number of pyridine rings is 1. The first kappa shape index (κ1) is 15.5. The van der Waals surface area contributed by atoms with Gasteiger partial charge in [-0.15, -0.1) is 0 Å². The predicted octanol–water partition coefficient (Wildman–Crippen LogP) is 3.83. The van der Waals surface area contributed by atoms with Gasteiger partial charge in [-0.05, 0) is 46.3 Å². The van der Waals surface area contributed by atoms with Gasteiger partial charge in [-0.2, -0.15) is 0 Å². The topological polar surface area (TPSA) is 74.6 Å². The molecule has 1 heterocycles. The predicted molar refractivity (Wildman–Crippen MR) is 88.0 cm³/mol. The first-order chi connectivity index (χ1) is 10.3. The summed E-state index contributed by atoms with van der Waals surface area (Å²) in [5.41, 5.74) is -0.298. The van der Waals surface area contributed by atoms with E-state index >= 15 is 0 Å². The summed E-state index contributed by atoms with van der Waals surface area (Å²) in [5, 5.41) is 15.8. The third-order valence-corrected chi connectivity index (χ3v) is 6.73. The van der Waals surface area contributed by atoms with Crippen LogP contribution in [-0.4, -0.2) is 21.8 Å². The molecule has 2 bridgehead atoms. The van der Waals surface area contributed by atoms with Crippen molar-refractivity contribution in [2.75, 3.05) is 5.32 Å². The monoisotopic (exact) mass is 365 g/mol. The molecule has 2 N–H and O–H groups in total. The van der Waals surface area contributed by atoms with E-state index in [-0.39, 0.29) is 16.7 Å². The van der Waals surface area contributed by atoms with Crippen molar-refractivity contribution in [2.45, 2.75) is 40.0 Å². The van der Waals surface area contributed by atoms with Crippen LogP contribution in [-0.2, 0) is 4.79 Å². The maximum absolute atomic E-state index is 13.0. The number of oxime groups is 1. The molecule has 0 aliphatic heterocycles. The summed E-state index contributed by atoms with van der Waals surface area (Å²) in [6, 6.07) is 3.62. The number of halogens is 1. The van der Waals surface area contributed by atoms with Gasteiger partial charge in [0.05, 0.1) is 11.1 Å². The van der Waals surface area contributed by atoms with Crippen LogP contribution in [0, 0.1) is 16.2 Å². The number of nitrogens with zero attached hydrogens (tertiary/aromatic N) is 2. The number of hydrogen-bond donors (Lipinski definition) is 2. The zero-order valence-electron chi connectivity index (χ0n) is 13.0. The second-order valence-corrected chi connectivity index (χ2v) is 7.99.